The number of carbonyl (C=O) groups is 1. The number of rotatable bonds is 43. The molecular weight excluding hydrogens is 839 g/mol. The third kappa shape index (κ3) is 36.5. The number of amides is 1. The standard InChI is InChI=1S/C58H97NO8/c1-3-5-7-9-10-11-12-13-14-15-16-17-18-19-20-21-22-23-24-25-26-27-28-29-30-31-32-33-34-35-36-37-38-39-40-41-42-44-46-48-54(62)59-51(52(61)47-45-43-8-6-4-2)50-66-58-57(65)56(64)55(63)53(49-60)67-58/h5,7,10-11,13-14,16-17,19-20,22-23,25-26,28-29,31-32,51-53,55-58,60-61,63-65H,3-4,6,8-9,12,15,18,21,24,27,30,33-50H2,1-2H3,(H,59,62)/b7-5-,11-10-,14-13-,17-16-,20-19-,23-22-,26-25-,29-28-,32-31-. The van der Waals surface area contributed by atoms with E-state index in [4.69, 9.17) is 9.47 Å². The number of aliphatic hydroxyl groups is 5. The molecule has 1 aliphatic rings. The molecule has 7 atom stereocenters. The highest BCUT2D eigenvalue weighted by Crippen LogP contribution is 2.23. The maximum absolute atomic E-state index is 12.9. The van der Waals surface area contributed by atoms with E-state index in [0.717, 1.165) is 116 Å². The summed E-state index contributed by atoms with van der Waals surface area (Å²) in [6.45, 7) is 3.61. The van der Waals surface area contributed by atoms with Crippen LogP contribution in [0.2, 0.25) is 0 Å². The van der Waals surface area contributed by atoms with Gasteiger partial charge in [-0.3, -0.25) is 4.79 Å². The molecule has 6 N–H and O–H groups in total. The van der Waals surface area contributed by atoms with Crippen LogP contribution in [0.3, 0.4) is 0 Å². The number of carbonyl (C=O) groups excluding carboxylic acids is 1. The Balaban J connectivity index is 2.04. The topological polar surface area (TPSA) is 149 Å². The number of nitrogens with one attached hydrogen (secondary N) is 1. The Hall–Kier alpha value is -3.15. The molecule has 9 nitrogen and oxygen atoms in total. The summed E-state index contributed by atoms with van der Waals surface area (Å²) < 4.78 is 11.2. The first-order valence-electron chi connectivity index (χ1n) is 26.6. The average Bonchev–Trinajstić information content (AvgIpc) is 3.33. The quantitative estimate of drug-likeness (QED) is 0.0261. The van der Waals surface area contributed by atoms with E-state index in [-0.39, 0.29) is 12.5 Å². The average molecular weight is 936 g/mol. The van der Waals surface area contributed by atoms with E-state index >= 15 is 0 Å². The Bertz CT molecular complexity index is 1410. The highest BCUT2D eigenvalue weighted by atomic mass is 16.7. The zero-order chi connectivity index (χ0) is 48.7. The van der Waals surface area contributed by atoms with Crippen LogP contribution in [0.25, 0.3) is 0 Å². The minimum Gasteiger partial charge on any atom is -0.394 e. The Morgan fingerprint density at radius 1 is 0.522 bits per heavy atom. The van der Waals surface area contributed by atoms with Gasteiger partial charge < -0.3 is 40.3 Å². The molecule has 0 aromatic carbocycles. The first kappa shape index (κ1) is 61.9. The van der Waals surface area contributed by atoms with Crippen molar-refractivity contribution in [3.05, 3.63) is 109 Å². The van der Waals surface area contributed by atoms with Gasteiger partial charge in [-0.05, 0) is 83.5 Å². The highest BCUT2D eigenvalue weighted by Gasteiger charge is 2.44. The van der Waals surface area contributed by atoms with Gasteiger partial charge in [-0.15, -0.1) is 0 Å². The molecule has 0 saturated carbocycles. The molecule has 1 aliphatic heterocycles. The number of allylic oxidation sites excluding steroid dienone is 18. The van der Waals surface area contributed by atoms with E-state index in [1.165, 1.54) is 51.4 Å². The smallest absolute Gasteiger partial charge is 0.220 e. The molecule has 0 aromatic heterocycles. The zero-order valence-corrected chi connectivity index (χ0v) is 42.1. The van der Waals surface area contributed by atoms with E-state index < -0.39 is 49.5 Å². The van der Waals surface area contributed by atoms with Gasteiger partial charge in [0.05, 0.1) is 25.4 Å². The maximum atomic E-state index is 12.9. The fraction of sp³-hybridized carbons (Fsp3) is 0.672. The first-order valence-corrected chi connectivity index (χ1v) is 26.6. The van der Waals surface area contributed by atoms with Gasteiger partial charge >= 0.3 is 0 Å². The molecule has 0 aliphatic carbocycles. The van der Waals surface area contributed by atoms with Gasteiger partial charge in [0.25, 0.3) is 0 Å². The lowest BCUT2D eigenvalue weighted by molar-refractivity contribution is -0.302. The van der Waals surface area contributed by atoms with Crippen LogP contribution in [-0.2, 0) is 14.3 Å². The van der Waals surface area contributed by atoms with Gasteiger partial charge in [-0.25, -0.2) is 0 Å². The second-order valence-corrected chi connectivity index (χ2v) is 17.9. The van der Waals surface area contributed by atoms with Gasteiger partial charge in [0.1, 0.15) is 24.4 Å². The largest absolute Gasteiger partial charge is 0.394 e. The van der Waals surface area contributed by atoms with Crippen molar-refractivity contribution in [2.45, 2.75) is 236 Å². The molecule has 67 heavy (non-hydrogen) atoms. The molecule has 1 amide bonds. The van der Waals surface area contributed by atoms with Crippen molar-refractivity contribution in [3.8, 4) is 0 Å². The molecule has 1 fully saturated rings. The van der Waals surface area contributed by atoms with Crippen molar-refractivity contribution in [2.75, 3.05) is 13.2 Å². The highest BCUT2D eigenvalue weighted by molar-refractivity contribution is 5.76. The summed E-state index contributed by atoms with van der Waals surface area (Å²) in [5.74, 6) is -0.160. The fourth-order valence-corrected chi connectivity index (χ4v) is 7.68. The van der Waals surface area contributed by atoms with Gasteiger partial charge in [-0.2, -0.15) is 0 Å². The summed E-state index contributed by atoms with van der Waals surface area (Å²) in [6.07, 6.45) is 61.8. The summed E-state index contributed by atoms with van der Waals surface area (Å²) in [5.41, 5.74) is 0. The Morgan fingerprint density at radius 2 is 0.925 bits per heavy atom. The first-order chi connectivity index (χ1) is 32.8. The van der Waals surface area contributed by atoms with Gasteiger partial charge in [0, 0.05) is 6.42 Å². The molecule has 0 spiro atoms. The third-order valence-corrected chi connectivity index (χ3v) is 11.9. The van der Waals surface area contributed by atoms with E-state index in [0.29, 0.717) is 12.8 Å². The second kappa shape index (κ2) is 46.6. The summed E-state index contributed by atoms with van der Waals surface area (Å²) in [6, 6.07) is -0.723. The van der Waals surface area contributed by atoms with Gasteiger partial charge in [0.15, 0.2) is 6.29 Å². The van der Waals surface area contributed by atoms with Crippen LogP contribution < -0.4 is 5.32 Å². The molecule has 1 rings (SSSR count). The summed E-state index contributed by atoms with van der Waals surface area (Å²) in [4.78, 5) is 12.9. The number of ether oxygens (including phenoxy) is 2. The van der Waals surface area contributed by atoms with E-state index in [1.54, 1.807) is 0 Å². The van der Waals surface area contributed by atoms with Crippen molar-refractivity contribution < 1.29 is 39.8 Å². The molecular formula is C58H97NO8. The lowest BCUT2D eigenvalue weighted by atomic mass is 9.99. The van der Waals surface area contributed by atoms with Crippen molar-refractivity contribution in [1.29, 1.82) is 0 Å². The van der Waals surface area contributed by atoms with Crippen molar-refractivity contribution in [3.63, 3.8) is 0 Å². The van der Waals surface area contributed by atoms with Crippen LogP contribution in [0.1, 0.15) is 194 Å². The predicted octanol–water partition coefficient (Wildman–Crippen LogP) is 12.6. The third-order valence-electron chi connectivity index (χ3n) is 11.9. The molecule has 1 saturated heterocycles. The van der Waals surface area contributed by atoms with Gasteiger partial charge in [0.2, 0.25) is 5.91 Å². The molecule has 382 valence electrons. The molecule has 1 heterocycles. The number of hydrogen-bond donors (Lipinski definition) is 6. The van der Waals surface area contributed by atoms with Crippen LogP contribution >= 0.6 is 0 Å². The normalized spacial score (nSPS) is 20.6. The minimum atomic E-state index is -1.56. The lowest BCUT2D eigenvalue weighted by Crippen LogP contribution is -2.60. The number of aliphatic hydroxyl groups excluding tert-OH is 5. The van der Waals surface area contributed by atoms with Crippen LogP contribution in [0.5, 0.6) is 0 Å². The summed E-state index contributed by atoms with van der Waals surface area (Å²) >= 11 is 0. The van der Waals surface area contributed by atoms with Crippen LogP contribution in [0.4, 0.5) is 0 Å². The molecule has 0 aromatic rings. The number of hydrogen-bond acceptors (Lipinski definition) is 8. The predicted molar refractivity (Wildman–Crippen MR) is 281 cm³/mol. The van der Waals surface area contributed by atoms with Crippen molar-refractivity contribution >= 4 is 5.91 Å². The zero-order valence-electron chi connectivity index (χ0n) is 42.1. The van der Waals surface area contributed by atoms with Crippen LogP contribution in [-0.4, -0.2) is 87.5 Å². The monoisotopic (exact) mass is 936 g/mol. The Labute approximate surface area is 408 Å². The van der Waals surface area contributed by atoms with E-state index in [1.807, 2.05) is 0 Å². The summed E-state index contributed by atoms with van der Waals surface area (Å²) in [5, 5.41) is 53.9. The van der Waals surface area contributed by atoms with E-state index in [2.05, 4.69) is 129 Å². The SMILES string of the molecule is CC/C=C\C/C=C\C/C=C\C/C=C\C/C=C\C/C=C\C/C=C\C/C=C\C/C=C\CCCCCCCCCCCCCC(=O)NC(COC1OC(CO)C(O)C(O)C1O)C(O)CCCCCCC. The Kier molecular flexibility index (Phi) is 43.0. The fourth-order valence-electron chi connectivity index (χ4n) is 7.68. The lowest BCUT2D eigenvalue weighted by Gasteiger charge is -2.40. The minimum absolute atomic E-state index is 0.147. The van der Waals surface area contributed by atoms with Crippen LogP contribution in [0, 0.1) is 0 Å². The maximum Gasteiger partial charge on any atom is 0.220 e. The van der Waals surface area contributed by atoms with Crippen molar-refractivity contribution in [2.24, 2.45) is 0 Å². The van der Waals surface area contributed by atoms with Gasteiger partial charge in [-0.1, -0.05) is 213 Å². The Morgan fingerprint density at radius 3 is 1.37 bits per heavy atom. The van der Waals surface area contributed by atoms with E-state index in [9.17, 15) is 30.3 Å². The second-order valence-electron chi connectivity index (χ2n) is 17.9. The molecule has 0 bridgehead atoms. The van der Waals surface area contributed by atoms with Crippen molar-refractivity contribution in [1.82, 2.24) is 5.32 Å². The number of unbranched alkanes of at least 4 members (excludes halogenated alkanes) is 15. The molecule has 0 radical (unpaired) electrons. The molecule has 7 unspecified atom stereocenters. The molecule has 9 heteroatoms. The van der Waals surface area contributed by atoms with Crippen LogP contribution in [0.15, 0.2) is 109 Å². The summed E-state index contributed by atoms with van der Waals surface area (Å²) in [7, 11) is 0.